The second kappa shape index (κ2) is 6.99. The molecule has 1 aromatic rings. The van der Waals surface area contributed by atoms with Crippen molar-refractivity contribution in [2.24, 2.45) is 11.7 Å². The quantitative estimate of drug-likeness (QED) is 0.825. The molecular weight excluding hydrogens is 244 g/mol. The standard InChI is InChI=1S/C14H22N2O3/c1-9(7-8-15)14(17)16-11-5-6-12(18-3)10(2)13(11)19-4/h5-6,9H,7-8,15H2,1-4H3,(H,16,17). The minimum atomic E-state index is -0.128. The average Bonchev–Trinajstić information content (AvgIpc) is 2.39. The van der Waals surface area contributed by atoms with Gasteiger partial charge in [0, 0.05) is 11.5 Å². The van der Waals surface area contributed by atoms with Gasteiger partial charge >= 0.3 is 0 Å². The molecule has 0 bridgehead atoms. The number of nitrogens with two attached hydrogens (primary N) is 1. The lowest BCUT2D eigenvalue weighted by atomic mass is 10.1. The van der Waals surface area contributed by atoms with Gasteiger partial charge in [-0.2, -0.15) is 0 Å². The van der Waals surface area contributed by atoms with Crippen molar-refractivity contribution in [3.63, 3.8) is 0 Å². The van der Waals surface area contributed by atoms with Gasteiger partial charge in [0.15, 0.2) is 0 Å². The molecular formula is C14H22N2O3. The van der Waals surface area contributed by atoms with Crippen LogP contribution in [0.25, 0.3) is 0 Å². The van der Waals surface area contributed by atoms with E-state index in [0.29, 0.717) is 24.4 Å². The lowest BCUT2D eigenvalue weighted by Crippen LogP contribution is -2.23. The number of hydrogen-bond acceptors (Lipinski definition) is 4. The minimum absolute atomic E-state index is 0.0617. The largest absolute Gasteiger partial charge is 0.496 e. The molecule has 106 valence electrons. The molecule has 0 aliphatic carbocycles. The summed E-state index contributed by atoms with van der Waals surface area (Å²) in [7, 11) is 3.17. The maximum absolute atomic E-state index is 12.0. The zero-order valence-corrected chi connectivity index (χ0v) is 11.9. The first kappa shape index (κ1) is 15.3. The summed E-state index contributed by atoms with van der Waals surface area (Å²) in [6.07, 6.45) is 0.656. The van der Waals surface area contributed by atoms with E-state index in [1.807, 2.05) is 13.8 Å². The first-order valence-corrected chi connectivity index (χ1v) is 6.27. The number of carbonyl (C=O) groups excluding carboxylic acids is 1. The number of amides is 1. The molecule has 1 atom stereocenters. The molecule has 0 saturated carbocycles. The average molecular weight is 266 g/mol. The van der Waals surface area contributed by atoms with Crippen LogP contribution in [0.4, 0.5) is 5.69 Å². The molecule has 0 aliphatic rings. The maximum atomic E-state index is 12.0. The lowest BCUT2D eigenvalue weighted by molar-refractivity contribution is -0.119. The highest BCUT2D eigenvalue weighted by atomic mass is 16.5. The van der Waals surface area contributed by atoms with Crippen molar-refractivity contribution in [3.8, 4) is 11.5 Å². The summed E-state index contributed by atoms with van der Waals surface area (Å²) in [5.41, 5.74) is 6.96. The van der Waals surface area contributed by atoms with Crippen LogP contribution in [0.5, 0.6) is 11.5 Å². The van der Waals surface area contributed by atoms with Crippen LogP contribution in [-0.4, -0.2) is 26.7 Å². The van der Waals surface area contributed by atoms with Gasteiger partial charge in [0.2, 0.25) is 5.91 Å². The topological polar surface area (TPSA) is 73.6 Å². The molecule has 0 aromatic heterocycles. The monoisotopic (exact) mass is 266 g/mol. The first-order valence-electron chi connectivity index (χ1n) is 6.27. The zero-order chi connectivity index (χ0) is 14.4. The molecule has 0 aliphatic heterocycles. The number of ether oxygens (including phenoxy) is 2. The van der Waals surface area contributed by atoms with Crippen molar-refractivity contribution in [1.82, 2.24) is 0 Å². The Morgan fingerprint density at radius 1 is 1.37 bits per heavy atom. The van der Waals surface area contributed by atoms with Crippen molar-refractivity contribution in [2.75, 3.05) is 26.1 Å². The van der Waals surface area contributed by atoms with Gasteiger partial charge in [-0.05, 0) is 32.0 Å². The number of benzene rings is 1. The summed E-state index contributed by atoms with van der Waals surface area (Å²) >= 11 is 0. The summed E-state index contributed by atoms with van der Waals surface area (Å²) in [5, 5.41) is 2.86. The first-order chi connectivity index (χ1) is 9.04. The van der Waals surface area contributed by atoms with Gasteiger partial charge < -0.3 is 20.5 Å². The Morgan fingerprint density at radius 3 is 2.58 bits per heavy atom. The Bertz CT molecular complexity index is 447. The van der Waals surface area contributed by atoms with Crippen LogP contribution >= 0.6 is 0 Å². The van der Waals surface area contributed by atoms with Gasteiger partial charge in [-0.25, -0.2) is 0 Å². The Balaban J connectivity index is 2.95. The van der Waals surface area contributed by atoms with Crippen molar-refractivity contribution < 1.29 is 14.3 Å². The Morgan fingerprint density at radius 2 is 2.05 bits per heavy atom. The van der Waals surface area contributed by atoms with Crippen molar-refractivity contribution >= 4 is 11.6 Å². The number of nitrogens with one attached hydrogen (secondary N) is 1. The predicted molar refractivity (Wildman–Crippen MR) is 75.7 cm³/mol. The van der Waals surface area contributed by atoms with Crippen LogP contribution in [0.3, 0.4) is 0 Å². The molecule has 0 heterocycles. The molecule has 0 spiro atoms. The highest BCUT2D eigenvalue weighted by molar-refractivity contribution is 5.94. The van der Waals surface area contributed by atoms with Crippen LogP contribution in [-0.2, 0) is 4.79 Å². The van der Waals surface area contributed by atoms with Crippen LogP contribution in [0.1, 0.15) is 18.9 Å². The maximum Gasteiger partial charge on any atom is 0.227 e. The van der Waals surface area contributed by atoms with Crippen LogP contribution in [0.15, 0.2) is 12.1 Å². The van der Waals surface area contributed by atoms with Gasteiger partial charge in [0.25, 0.3) is 0 Å². The Labute approximate surface area is 114 Å². The third kappa shape index (κ3) is 3.61. The minimum Gasteiger partial charge on any atom is -0.496 e. The van der Waals surface area contributed by atoms with Crippen LogP contribution in [0.2, 0.25) is 0 Å². The van der Waals surface area contributed by atoms with E-state index in [4.69, 9.17) is 15.2 Å². The van der Waals surface area contributed by atoms with Crippen LogP contribution in [0, 0.1) is 12.8 Å². The van der Waals surface area contributed by atoms with Gasteiger partial charge in [-0.15, -0.1) is 0 Å². The van der Waals surface area contributed by atoms with E-state index in [-0.39, 0.29) is 11.8 Å². The summed E-state index contributed by atoms with van der Waals surface area (Å²) < 4.78 is 10.6. The third-order valence-corrected chi connectivity index (χ3v) is 3.09. The number of methoxy groups -OCH3 is 2. The second-order valence-corrected chi connectivity index (χ2v) is 4.44. The van der Waals surface area contributed by atoms with Gasteiger partial charge in [-0.1, -0.05) is 6.92 Å². The second-order valence-electron chi connectivity index (χ2n) is 4.44. The lowest BCUT2D eigenvalue weighted by Gasteiger charge is -2.17. The van der Waals surface area contributed by atoms with E-state index in [1.54, 1.807) is 26.4 Å². The molecule has 0 saturated heterocycles. The van der Waals surface area contributed by atoms with E-state index >= 15 is 0 Å². The van der Waals surface area contributed by atoms with Gasteiger partial charge in [0.1, 0.15) is 11.5 Å². The Kier molecular flexibility index (Phi) is 5.63. The van der Waals surface area contributed by atoms with E-state index in [0.717, 1.165) is 11.3 Å². The van der Waals surface area contributed by atoms with E-state index < -0.39 is 0 Å². The fraction of sp³-hybridized carbons (Fsp3) is 0.500. The highest BCUT2D eigenvalue weighted by Gasteiger charge is 2.16. The number of hydrogen-bond donors (Lipinski definition) is 2. The number of anilines is 1. The summed E-state index contributed by atoms with van der Waals surface area (Å²) in [6.45, 7) is 4.23. The van der Waals surface area contributed by atoms with Crippen molar-refractivity contribution in [2.45, 2.75) is 20.3 Å². The van der Waals surface area contributed by atoms with Crippen molar-refractivity contribution in [1.29, 1.82) is 0 Å². The molecule has 0 radical (unpaired) electrons. The third-order valence-electron chi connectivity index (χ3n) is 3.09. The van der Waals surface area contributed by atoms with Crippen molar-refractivity contribution in [3.05, 3.63) is 17.7 Å². The molecule has 1 aromatic carbocycles. The molecule has 0 fully saturated rings. The number of rotatable bonds is 6. The molecule has 5 heteroatoms. The fourth-order valence-electron chi connectivity index (χ4n) is 1.89. The summed E-state index contributed by atoms with van der Waals surface area (Å²) in [4.78, 5) is 12.0. The highest BCUT2D eigenvalue weighted by Crippen LogP contribution is 2.35. The molecule has 5 nitrogen and oxygen atoms in total. The molecule has 1 unspecified atom stereocenters. The van der Waals surface area contributed by atoms with Gasteiger partial charge in [-0.3, -0.25) is 4.79 Å². The summed E-state index contributed by atoms with van der Waals surface area (Å²) in [5.74, 6) is 1.16. The Hall–Kier alpha value is -1.75. The van der Waals surface area contributed by atoms with E-state index in [1.165, 1.54) is 0 Å². The summed E-state index contributed by atoms with van der Waals surface area (Å²) in [6, 6.07) is 3.58. The normalized spacial score (nSPS) is 11.8. The van der Waals surface area contributed by atoms with E-state index in [2.05, 4.69) is 5.32 Å². The molecule has 1 amide bonds. The smallest absolute Gasteiger partial charge is 0.227 e. The predicted octanol–water partition coefficient (Wildman–Crippen LogP) is 1.94. The molecule has 3 N–H and O–H groups in total. The molecule has 1 rings (SSSR count). The SMILES string of the molecule is COc1ccc(NC(=O)C(C)CCN)c(OC)c1C. The zero-order valence-electron chi connectivity index (χ0n) is 11.9. The van der Waals surface area contributed by atoms with Crippen LogP contribution < -0.4 is 20.5 Å². The van der Waals surface area contributed by atoms with Gasteiger partial charge in [0.05, 0.1) is 19.9 Å². The molecule has 19 heavy (non-hydrogen) atoms. The fourth-order valence-corrected chi connectivity index (χ4v) is 1.89. The number of carbonyl (C=O) groups is 1. The van der Waals surface area contributed by atoms with E-state index in [9.17, 15) is 4.79 Å².